The van der Waals surface area contributed by atoms with Gasteiger partial charge in [0.05, 0.1) is 36.4 Å². The van der Waals surface area contributed by atoms with Crippen LogP contribution in [0.5, 0.6) is 11.5 Å². The minimum absolute atomic E-state index is 0.00103. The van der Waals surface area contributed by atoms with Crippen molar-refractivity contribution in [3.63, 3.8) is 0 Å². The molecule has 1 fully saturated rings. The third-order valence-electron chi connectivity index (χ3n) is 6.08. The van der Waals surface area contributed by atoms with Gasteiger partial charge in [0.15, 0.2) is 11.5 Å². The lowest BCUT2D eigenvalue weighted by Crippen LogP contribution is -2.31. The first-order valence-electron chi connectivity index (χ1n) is 11.1. The Morgan fingerprint density at radius 3 is 2.19 bits per heavy atom. The molecular weight excluding hydrogens is 544 g/mol. The number of rotatable bonds is 7. The van der Waals surface area contributed by atoms with Crippen LogP contribution in [0.3, 0.4) is 0 Å². The highest BCUT2D eigenvalue weighted by molar-refractivity contribution is 6.47. The fraction of sp³-hybridized carbons (Fsp3) is 0.185. The number of aliphatic hydroxyl groups excluding tert-OH is 1. The Morgan fingerprint density at radius 1 is 0.973 bits per heavy atom. The van der Waals surface area contributed by atoms with E-state index in [4.69, 9.17) is 44.3 Å². The average molecular weight is 565 g/mol. The van der Waals surface area contributed by atoms with Crippen LogP contribution < -0.4 is 9.47 Å². The van der Waals surface area contributed by atoms with Crippen molar-refractivity contribution in [1.29, 1.82) is 0 Å². The molecule has 1 aliphatic rings. The maximum atomic E-state index is 13.7. The van der Waals surface area contributed by atoms with E-state index in [0.29, 0.717) is 17.0 Å². The lowest BCUT2D eigenvalue weighted by atomic mass is 9.94. The quantitative estimate of drug-likeness (QED) is 0.202. The third-order valence-corrected chi connectivity index (χ3v) is 6.95. The van der Waals surface area contributed by atoms with Gasteiger partial charge in [0.25, 0.3) is 11.7 Å². The highest BCUT2D eigenvalue weighted by Crippen LogP contribution is 2.47. The summed E-state index contributed by atoms with van der Waals surface area (Å²) in [6.45, 7) is 0.145. The highest BCUT2D eigenvalue weighted by Gasteiger charge is 2.46. The lowest BCUT2D eigenvalue weighted by molar-refractivity contribution is -0.139. The molecule has 4 rings (SSSR count). The molecule has 0 spiro atoms. The van der Waals surface area contributed by atoms with Gasteiger partial charge in [-0.05, 0) is 47.9 Å². The molecule has 1 saturated heterocycles. The van der Waals surface area contributed by atoms with Crippen LogP contribution in [0.4, 0.5) is 4.39 Å². The van der Waals surface area contributed by atoms with Crippen LogP contribution in [-0.4, -0.2) is 42.5 Å². The summed E-state index contributed by atoms with van der Waals surface area (Å²) >= 11 is 18.6. The van der Waals surface area contributed by atoms with Crippen LogP contribution in [0, 0.1) is 5.82 Å². The fourth-order valence-electron chi connectivity index (χ4n) is 4.29. The molecule has 1 atom stereocenters. The molecule has 0 aromatic heterocycles. The van der Waals surface area contributed by atoms with Crippen molar-refractivity contribution >= 4 is 52.3 Å². The highest BCUT2D eigenvalue weighted by atomic mass is 35.5. The first kappa shape index (κ1) is 26.8. The number of aliphatic hydroxyl groups is 1. The molecule has 37 heavy (non-hydrogen) atoms. The van der Waals surface area contributed by atoms with Crippen molar-refractivity contribution in [2.45, 2.75) is 12.5 Å². The van der Waals surface area contributed by atoms with Gasteiger partial charge in [-0.1, -0.05) is 59.1 Å². The van der Waals surface area contributed by atoms with Crippen molar-refractivity contribution < 1.29 is 28.6 Å². The lowest BCUT2D eigenvalue weighted by Gasteiger charge is -2.25. The van der Waals surface area contributed by atoms with E-state index in [-0.39, 0.29) is 39.2 Å². The van der Waals surface area contributed by atoms with E-state index >= 15 is 0 Å². The van der Waals surface area contributed by atoms with Crippen molar-refractivity contribution in [2.75, 3.05) is 20.8 Å². The summed E-state index contributed by atoms with van der Waals surface area (Å²) in [5, 5.41) is 12.0. The summed E-state index contributed by atoms with van der Waals surface area (Å²) < 4.78 is 24.3. The maximum absolute atomic E-state index is 13.7. The molecule has 0 aliphatic carbocycles. The van der Waals surface area contributed by atoms with Crippen molar-refractivity contribution in [2.24, 2.45) is 0 Å². The number of halogens is 4. The zero-order valence-corrected chi connectivity index (χ0v) is 22.0. The largest absolute Gasteiger partial charge is 0.507 e. The SMILES string of the molecule is COc1c(Cl)cc(/C(O)=C2\C(=O)C(=O)N(CCc3ccc(Cl)cc3)C2c2ccc(F)cc2)c(OC)c1Cl. The third kappa shape index (κ3) is 5.12. The molecule has 3 aromatic rings. The van der Waals surface area contributed by atoms with Gasteiger partial charge in [0, 0.05) is 11.6 Å². The molecule has 1 amide bonds. The van der Waals surface area contributed by atoms with Crippen LogP contribution in [-0.2, 0) is 16.0 Å². The fourth-order valence-corrected chi connectivity index (χ4v) is 5.11. The Hall–Kier alpha value is -3.26. The molecule has 10 heteroatoms. The van der Waals surface area contributed by atoms with Crippen LogP contribution in [0.25, 0.3) is 5.76 Å². The normalized spacial score (nSPS) is 16.8. The number of hydrogen-bond acceptors (Lipinski definition) is 5. The summed E-state index contributed by atoms with van der Waals surface area (Å²) in [5.74, 6) is -2.62. The van der Waals surface area contributed by atoms with E-state index in [9.17, 15) is 19.1 Å². The van der Waals surface area contributed by atoms with E-state index in [1.165, 1.54) is 49.5 Å². The van der Waals surface area contributed by atoms with Crippen molar-refractivity contribution in [3.8, 4) is 11.5 Å². The van der Waals surface area contributed by atoms with Gasteiger partial charge in [-0.25, -0.2) is 4.39 Å². The summed E-state index contributed by atoms with van der Waals surface area (Å²) in [4.78, 5) is 27.8. The van der Waals surface area contributed by atoms with E-state index in [2.05, 4.69) is 0 Å². The molecule has 192 valence electrons. The number of Topliss-reactive ketones (excluding diaryl/α,β-unsaturated/α-hetero) is 1. The molecule has 0 bridgehead atoms. The number of benzene rings is 3. The molecule has 1 unspecified atom stereocenters. The van der Waals surface area contributed by atoms with Gasteiger partial charge < -0.3 is 19.5 Å². The molecule has 1 aliphatic heterocycles. The predicted molar refractivity (Wildman–Crippen MR) is 140 cm³/mol. The summed E-state index contributed by atoms with van der Waals surface area (Å²) in [7, 11) is 2.69. The standard InChI is InChI=1S/C27H21Cl3FNO5/c1-36-25-18(13-19(29)26(37-2)21(25)30)23(33)20-22(15-5-9-17(31)10-6-15)32(27(35)24(20)34)12-11-14-3-7-16(28)8-4-14/h3-10,13,22,33H,11-12H2,1-2H3/b23-20+. The Labute approximate surface area is 227 Å². The van der Waals surface area contributed by atoms with E-state index in [0.717, 1.165) is 5.56 Å². The van der Waals surface area contributed by atoms with Crippen LogP contribution in [0.1, 0.15) is 22.7 Å². The first-order chi connectivity index (χ1) is 17.7. The molecule has 1 N–H and O–H groups in total. The molecule has 0 saturated carbocycles. The van der Waals surface area contributed by atoms with E-state index in [1.807, 2.05) is 12.1 Å². The second-order valence-electron chi connectivity index (χ2n) is 8.21. The van der Waals surface area contributed by atoms with Gasteiger partial charge in [-0.15, -0.1) is 0 Å². The van der Waals surface area contributed by atoms with Gasteiger partial charge in [-0.2, -0.15) is 0 Å². The Kier molecular flexibility index (Phi) is 7.97. The minimum Gasteiger partial charge on any atom is -0.507 e. The van der Waals surface area contributed by atoms with Gasteiger partial charge in [-0.3, -0.25) is 9.59 Å². The van der Waals surface area contributed by atoms with Crippen LogP contribution in [0.15, 0.2) is 60.2 Å². The average Bonchev–Trinajstić information content (AvgIpc) is 3.13. The monoisotopic (exact) mass is 563 g/mol. The smallest absolute Gasteiger partial charge is 0.295 e. The second kappa shape index (κ2) is 11.0. The number of methoxy groups -OCH3 is 2. The number of amides is 1. The number of ether oxygens (including phenoxy) is 2. The summed E-state index contributed by atoms with van der Waals surface area (Å²) in [6, 6.07) is 12.8. The molecule has 1 heterocycles. The Morgan fingerprint density at radius 2 is 1.59 bits per heavy atom. The number of hydrogen-bond donors (Lipinski definition) is 1. The molecule has 6 nitrogen and oxygen atoms in total. The van der Waals surface area contributed by atoms with E-state index < -0.39 is 29.3 Å². The topological polar surface area (TPSA) is 76.1 Å². The molecule has 0 radical (unpaired) electrons. The van der Waals surface area contributed by atoms with Crippen molar-refractivity contribution in [3.05, 3.63) is 97.7 Å². The Balaban J connectivity index is 1.86. The minimum atomic E-state index is -1.00. The summed E-state index contributed by atoms with van der Waals surface area (Å²) in [6.07, 6.45) is 0.408. The van der Waals surface area contributed by atoms with Gasteiger partial charge >= 0.3 is 0 Å². The number of carbonyl (C=O) groups is 2. The maximum Gasteiger partial charge on any atom is 0.295 e. The zero-order chi connectivity index (χ0) is 26.9. The number of nitrogens with zero attached hydrogens (tertiary/aromatic N) is 1. The van der Waals surface area contributed by atoms with Gasteiger partial charge in [0.2, 0.25) is 0 Å². The van der Waals surface area contributed by atoms with Crippen LogP contribution >= 0.6 is 34.8 Å². The number of likely N-dealkylation sites (tertiary alicyclic amines) is 1. The zero-order valence-electron chi connectivity index (χ0n) is 19.7. The predicted octanol–water partition coefficient (Wildman–Crippen LogP) is 6.47. The number of carbonyl (C=O) groups excluding carboxylic acids is 2. The van der Waals surface area contributed by atoms with Crippen LogP contribution in [0.2, 0.25) is 15.1 Å². The van der Waals surface area contributed by atoms with Gasteiger partial charge in [0.1, 0.15) is 16.6 Å². The Bertz CT molecular complexity index is 1390. The summed E-state index contributed by atoms with van der Waals surface area (Å²) in [5.41, 5.74) is 1.12. The number of ketones is 1. The van der Waals surface area contributed by atoms with E-state index in [1.54, 1.807) is 12.1 Å². The molecule has 3 aromatic carbocycles. The molecular formula is C27H21Cl3FNO5. The second-order valence-corrected chi connectivity index (χ2v) is 9.43. The van der Waals surface area contributed by atoms with Crippen molar-refractivity contribution in [1.82, 2.24) is 4.90 Å². The first-order valence-corrected chi connectivity index (χ1v) is 12.2.